The molecule has 76 valence electrons. The van der Waals surface area contributed by atoms with E-state index in [2.05, 4.69) is 23.2 Å². The maximum atomic E-state index is 9.25. The Labute approximate surface area is 84.4 Å². The van der Waals surface area contributed by atoms with Gasteiger partial charge in [0.2, 0.25) is 0 Å². The third-order valence-corrected chi connectivity index (χ3v) is 2.69. The van der Waals surface area contributed by atoms with Crippen LogP contribution in [0.1, 0.15) is 12.5 Å². The fraction of sp³-hybridized carbons (Fsp3) is 0.455. The highest BCUT2D eigenvalue weighted by Crippen LogP contribution is 2.32. The Bertz CT molecular complexity index is 311. The molecule has 14 heavy (non-hydrogen) atoms. The highest BCUT2D eigenvalue weighted by atomic mass is 16.3. The zero-order valence-corrected chi connectivity index (χ0v) is 8.45. The van der Waals surface area contributed by atoms with Crippen LogP contribution < -0.4 is 10.2 Å². The number of nitrogens with one attached hydrogen (secondary N) is 1. The standard InChI is InChI=1S/C11H16N2O/c1-2-13-7-6-12-10-5-3-4-9(8-14)11(10)13/h3-5,12,14H,2,6-8H2,1H3. The molecule has 0 atom stereocenters. The van der Waals surface area contributed by atoms with Gasteiger partial charge in [0.25, 0.3) is 0 Å². The van der Waals surface area contributed by atoms with Gasteiger partial charge in [-0.3, -0.25) is 0 Å². The molecule has 1 aromatic carbocycles. The normalized spacial score (nSPS) is 14.9. The Morgan fingerprint density at radius 3 is 3.07 bits per heavy atom. The lowest BCUT2D eigenvalue weighted by molar-refractivity contribution is 0.282. The largest absolute Gasteiger partial charge is 0.392 e. The second kappa shape index (κ2) is 3.88. The van der Waals surface area contributed by atoms with Crippen molar-refractivity contribution < 1.29 is 5.11 Å². The molecule has 0 spiro atoms. The van der Waals surface area contributed by atoms with E-state index in [9.17, 15) is 5.11 Å². The smallest absolute Gasteiger partial charge is 0.0702 e. The topological polar surface area (TPSA) is 35.5 Å². The first kappa shape index (κ1) is 9.34. The van der Waals surface area contributed by atoms with Crippen molar-refractivity contribution in [2.45, 2.75) is 13.5 Å². The van der Waals surface area contributed by atoms with Gasteiger partial charge < -0.3 is 15.3 Å². The van der Waals surface area contributed by atoms with Crippen LogP contribution in [0, 0.1) is 0 Å². The average Bonchev–Trinajstić information content (AvgIpc) is 2.27. The minimum Gasteiger partial charge on any atom is -0.392 e. The highest BCUT2D eigenvalue weighted by Gasteiger charge is 2.17. The number of hydrogen-bond donors (Lipinski definition) is 2. The van der Waals surface area contributed by atoms with E-state index in [1.54, 1.807) is 0 Å². The predicted molar refractivity (Wildman–Crippen MR) is 58.7 cm³/mol. The van der Waals surface area contributed by atoms with E-state index < -0.39 is 0 Å². The monoisotopic (exact) mass is 192 g/mol. The van der Waals surface area contributed by atoms with Crippen molar-refractivity contribution in [3.63, 3.8) is 0 Å². The molecule has 1 aromatic rings. The van der Waals surface area contributed by atoms with E-state index in [1.165, 1.54) is 5.69 Å². The quantitative estimate of drug-likeness (QED) is 0.744. The lowest BCUT2D eigenvalue weighted by atomic mass is 10.1. The summed E-state index contributed by atoms with van der Waals surface area (Å²) in [6.45, 7) is 5.24. The van der Waals surface area contributed by atoms with Gasteiger partial charge >= 0.3 is 0 Å². The molecule has 0 unspecified atom stereocenters. The van der Waals surface area contributed by atoms with Crippen LogP contribution in [-0.4, -0.2) is 24.7 Å². The van der Waals surface area contributed by atoms with Gasteiger partial charge in [0.05, 0.1) is 18.0 Å². The van der Waals surface area contributed by atoms with Gasteiger partial charge in [0.1, 0.15) is 0 Å². The minimum atomic E-state index is 0.112. The summed E-state index contributed by atoms with van der Waals surface area (Å²) >= 11 is 0. The number of aliphatic hydroxyl groups excluding tert-OH is 1. The zero-order valence-electron chi connectivity index (χ0n) is 8.45. The molecular formula is C11H16N2O. The van der Waals surface area contributed by atoms with Crippen molar-refractivity contribution >= 4 is 11.4 Å². The minimum absolute atomic E-state index is 0.112. The van der Waals surface area contributed by atoms with Gasteiger partial charge in [-0.05, 0) is 13.0 Å². The summed E-state index contributed by atoms with van der Waals surface area (Å²) in [6, 6.07) is 6.03. The molecule has 0 saturated heterocycles. The Morgan fingerprint density at radius 2 is 2.36 bits per heavy atom. The Hall–Kier alpha value is -1.22. The van der Waals surface area contributed by atoms with Crippen molar-refractivity contribution in [3.05, 3.63) is 23.8 Å². The van der Waals surface area contributed by atoms with Crippen LogP contribution in [0.25, 0.3) is 0 Å². The van der Waals surface area contributed by atoms with Crippen LogP contribution in [0.2, 0.25) is 0 Å². The molecule has 0 amide bonds. The van der Waals surface area contributed by atoms with Crippen molar-refractivity contribution in [3.8, 4) is 0 Å². The van der Waals surface area contributed by atoms with Crippen LogP contribution in [-0.2, 0) is 6.61 Å². The summed E-state index contributed by atoms with van der Waals surface area (Å²) in [5.74, 6) is 0. The first-order valence-electron chi connectivity index (χ1n) is 5.08. The van der Waals surface area contributed by atoms with Gasteiger partial charge in [0, 0.05) is 25.2 Å². The number of anilines is 2. The maximum absolute atomic E-state index is 9.25. The summed E-state index contributed by atoms with van der Waals surface area (Å²) < 4.78 is 0. The molecule has 0 bridgehead atoms. The molecule has 0 aromatic heterocycles. The SMILES string of the molecule is CCN1CCNc2cccc(CO)c21. The molecule has 0 saturated carbocycles. The van der Waals surface area contributed by atoms with E-state index in [4.69, 9.17) is 0 Å². The lowest BCUT2D eigenvalue weighted by Crippen LogP contribution is -2.34. The highest BCUT2D eigenvalue weighted by molar-refractivity contribution is 5.75. The van der Waals surface area contributed by atoms with Gasteiger partial charge in [-0.2, -0.15) is 0 Å². The molecule has 3 heteroatoms. The third-order valence-electron chi connectivity index (χ3n) is 2.69. The summed E-state index contributed by atoms with van der Waals surface area (Å²) in [7, 11) is 0. The number of aliphatic hydroxyl groups is 1. The second-order valence-electron chi connectivity index (χ2n) is 3.48. The van der Waals surface area contributed by atoms with E-state index in [-0.39, 0.29) is 6.61 Å². The molecule has 0 aliphatic carbocycles. The molecule has 1 heterocycles. The average molecular weight is 192 g/mol. The molecule has 3 nitrogen and oxygen atoms in total. The number of rotatable bonds is 2. The molecule has 2 N–H and O–H groups in total. The number of hydrogen-bond acceptors (Lipinski definition) is 3. The van der Waals surface area contributed by atoms with E-state index >= 15 is 0 Å². The lowest BCUT2D eigenvalue weighted by Gasteiger charge is -2.32. The summed E-state index contributed by atoms with van der Waals surface area (Å²) in [4.78, 5) is 2.30. The van der Waals surface area contributed by atoms with E-state index in [0.29, 0.717) is 0 Å². The Morgan fingerprint density at radius 1 is 1.50 bits per heavy atom. The molecular weight excluding hydrogens is 176 g/mol. The third kappa shape index (κ3) is 1.44. The molecule has 1 aliphatic rings. The van der Waals surface area contributed by atoms with Crippen LogP contribution in [0.5, 0.6) is 0 Å². The first-order valence-corrected chi connectivity index (χ1v) is 5.08. The van der Waals surface area contributed by atoms with Crippen molar-refractivity contribution in [2.75, 3.05) is 29.9 Å². The number of likely N-dealkylation sites (N-methyl/N-ethyl adjacent to an activating group) is 1. The van der Waals surface area contributed by atoms with Crippen LogP contribution in [0.3, 0.4) is 0 Å². The fourth-order valence-corrected chi connectivity index (χ4v) is 1.99. The Balaban J connectivity index is 2.46. The number of fused-ring (bicyclic) bond motifs is 1. The maximum Gasteiger partial charge on any atom is 0.0702 e. The molecule has 0 fully saturated rings. The Kier molecular flexibility index (Phi) is 2.59. The van der Waals surface area contributed by atoms with Crippen LogP contribution in [0.15, 0.2) is 18.2 Å². The molecule has 1 aliphatic heterocycles. The van der Waals surface area contributed by atoms with Crippen LogP contribution >= 0.6 is 0 Å². The fourth-order valence-electron chi connectivity index (χ4n) is 1.99. The second-order valence-corrected chi connectivity index (χ2v) is 3.48. The van der Waals surface area contributed by atoms with Crippen molar-refractivity contribution in [1.82, 2.24) is 0 Å². The number of para-hydroxylation sites is 1. The van der Waals surface area contributed by atoms with Gasteiger partial charge in [0.15, 0.2) is 0 Å². The van der Waals surface area contributed by atoms with Crippen molar-refractivity contribution in [2.24, 2.45) is 0 Å². The first-order chi connectivity index (χ1) is 6.86. The van der Waals surface area contributed by atoms with Crippen molar-refractivity contribution in [1.29, 1.82) is 0 Å². The summed E-state index contributed by atoms with van der Waals surface area (Å²) in [5, 5.41) is 12.6. The molecule has 2 rings (SSSR count). The predicted octanol–water partition coefficient (Wildman–Crippen LogP) is 1.43. The zero-order chi connectivity index (χ0) is 9.97. The number of nitrogens with zero attached hydrogens (tertiary/aromatic N) is 1. The van der Waals surface area contributed by atoms with E-state index in [1.807, 2.05) is 12.1 Å². The van der Waals surface area contributed by atoms with Gasteiger partial charge in [-0.15, -0.1) is 0 Å². The summed E-state index contributed by atoms with van der Waals surface area (Å²) in [6.07, 6.45) is 0. The van der Waals surface area contributed by atoms with Gasteiger partial charge in [-0.1, -0.05) is 12.1 Å². The van der Waals surface area contributed by atoms with Gasteiger partial charge in [-0.25, -0.2) is 0 Å². The molecule has 0 radical (unpaired) electrons. The summed E-state index contributed by atoms with van der Waals surface area (Å²) in [5.41, 5.74) is 3.32. The van der Waals surface area contributed by atoms with E-state index in [0.717, 1.165) is 30.9 Å². The van der Waals surface area contributed by atoms with Crippen LogP contribution in [0.4, 0.5) is 11.4 Å². The number of benzene rings is 1.